The molecule has 0 aromatic heterocycles. The van der Waals surface area contributed by atoms with Crippen molar-refractivity contribution >= 4 is 5.78 Å². The monoisotopic (exact) mass is 150 g/mol. The summed E-state index contributed by atoms with van der Waals surface area (Å²) in [6.45, 7) is 3.92. The van der Waals surface area contributed by atoms with E-state index in [4.69, 9.17) is 0 Å². The van der Waals surface area contributed by atoms with Crippen LogP contribution in [0.4, 0.5) is 0 Å². The first-order valence-electron chi connectivity index (χ1n) is 4.47. The number of rotatable bonds is 0. The number of ketones is 1. The number of Topliss-reactive ketones (excluding diaryl/α,β-unsaturated/α-hetero) is 1. The molecule has 2 aliphatic carbocycles. The lowest BCUT2D eigenvalue weighted by atomic mass is 9.81. The van der Waals surface area contributed by atoms with Gasteiger partial charge in [0.05, 0.1) is 0 Å². The zero-order chi connectivity index (χ0) is 7.90. The van der Waals surface area contributed by atoms with Gasteiger partial charge in [0.25, 0.3) is 0 Å². The molecule has 0 N–H and O–H groups in total. The number of hydrogen-bond donors (Lipinski definition) is 0. The molecule has 11 heavy (non-hydrogen) atoms. The molecule has 0 radical (unpaired) electrons. The van der Waals surface area contributed by atoms with Gasteiger partial charge in [-0.05, 0) is 30.3 Å². The van der Waals surface area contributed by atoms with Crippen LogP contribution in [0.5, 0.6) is 0 Å². The summed E-state index contributed by atoms with van der Waals surface area (Å²) < 4.78 is 0. The van der Waals surface area contributed by atoms with E-state index in [1.165, 1.54) is 25.7 Å². The molecule has 1 nitrogen and oxygen atoms in total. The Morgan fingerprint density at radius 3 is 2.27 bits per heavy atom. The first-order chi connectivity index (χ1) is 5.25. The van der Waals surface area contributed by atoms with Crippen molar-refractivity contribution in [1.29, 1.82) is 0 Å². The minimum atomic E-state index is 0.275. The summed E-state index contributed by atoms with van der Waals surface area (Å²) in [6, 6.07) is 0. The van der Waals surface area contributed by atoms with E-state index in [-0.39, 0.29) is 5.41 Å². The van der Waals surface area contributed by atoms with Gasteiger partial charge in [0.1, 0.15) is 0 Å². The minimum absolute atomic E-state index is 0.275. The predicted molar refractivity (Wildman–Crippen MR) is 44.3 cm³/mol. The molecule has 1 heteroatoms. The van der Waals surface area contributed by atoms with Gasteiger partial charge in [-0.1, -0.05) is 19.4 Å². The highest BCUT2D eigenvalue weighted by Gasteiger charge is 2.43. The Bertz CT molecular complexity index is 209. The Balaban J connectivity index is 2.26. The fourth-order valence-corrected chi connectivity index (χ4v) is 2.55. The maximum Gasteiger partial charge on any atom is 0.158 e. The summed E-state index contributed by atoms with van der Waals surface area (Å²) in [6.07, 6.45) is 6.89. The van der Waals surface area contributed by atoms with E-state index in [2.05, 4.69) is 6.58 Å². The average Bonchev–Trinajstić information content (AvgIpc) is 2.56. The molecule has 2 rings (SSSR count). The van der Waals surface area contributed by atoms with Gasteiger partial charge in [-0.15, -0.1) is 0 Å². The summed E-state index contributed by atoms with van der Waals surface area (Å²) in [7, 11) is 0. The van der Waals surface area contributed by atoms with Crippen LogP contribution < -0.4 is 0 Å². The van der Waals surface area contributed by atoms with Gasteiger partial charge in [0.2, 0.25) is 0 Å². The topological polar surface area (TPSA) is 17.1 Å². The van der Waals surface area contributed by atoms with E-state index < -0.39 is 0 Å². The second-order valence-electron chi connectivity index (χ2n) is 3.89. The lowest BCUT2D eigenvalue weighted by molar-refractivity contribution is -0.114. The summed E-state index contributed by atoms with van der Waals surface area (Å²) in [5, 5.41) is 0. The lowest BCUT2D eigenvalue weighted by Crippen LogP contribution is -2.14. The molecule has 0 saturated heterocycles. The molecule has 0 amide bonds. The largest absolute Gasteiger partial charge is 0.295 e. The first-order valence-corrected chi connectivity index (χ1v) is 4.47. The highest BCUT2D eigenvalue weighted by atomic mass is 16.1. The average molecular weight is 150 g/mol. The van der Waals surface area contributed by atoms with Gasteiger partial charge < -0.3 is 0 Å². The lowest BCUT2D eigenvalue weighted by Gasteiger charge is -2.22. The fourth-order valence-electron chi connectivity index (χ4n) is 2.55. The van der Waals surface area contributed by atoms with Gasteiger partial charge in [-0.25, -0.2) is 0 Å². The van der Waals surface area contributed by atoms with E-state index in [1.54, 1.807) is 0 Å². The van der Waals surface area contributed by atoms with E-state index in [0.29, 0.717) is 5.78 Å². The third-order valence-corrected chi connectivity index (χ3v) is 3.37. The first kappa shape index (κ1) is 7.08. The molecule has 0 bridgehead atoms. The minimum Gasteiger partial charge on any atom is -0.295 e. The molecule has 60 valence electrons. The van der Waals surface area contributed by atoms with Crippen LogP contribution in [0.3, 0.4) is 0 Å². The second-order valence-corrected chi connectivity index (χ2v) is 3.89. The molecule has 0 aromatic carbocycles. The van der Waals surface area contributed by atoms with Crippen molar-refractivity contribution in [2.75, 3.05) is 0 Å². The second kappa shape index (κ2) is 2.20. The van der Waals surface area contributed by atoms with Crippen molar-refractivity contribution in [3.8, 4) is 0 Å². The summed E-state index contributed by atoms with van der Waals surface area (Å²) >= 11 is 0. The predicted octanol–water partition coefficient (Wildman–Crippen LogP) is 2.47. The number of allylic oxidation sites excluding steroid dienone is 1. The van der Waals surface area contributed by atoms with Crippen molar-refractivity contribution < 1.29 is 4.79 Å². The van der Waals surface area contributed by atoms with E-state index in [0.717, 1.165) is 18.4 Å². The summed E-state index contributed by atoms with van der Waals surface area (Å²) in [5.41, 5.74) is 1.21. The Hall–Kier alpha value is -0.590. The maximum absolute atomic E-state index is 11.2. The Morgan fingerprint density at radius 2 is 1.82 bits per heavy atom. The SMILES string of the molecule is C=C1C(=O)CCC12CCCC2. The van der Waals surface area contributed by atoms with Crippen LogP contribution >= 0.6 is 0 Å². The van der Waals surface area contributed by atoms with Crippen LogP contribution in [0, 0.1) is 5.41 Å². The van der Waals surface area contributed by atoms with Crippen molar-refractivity contribution in [3.63, 3.8) is 0 Å². The van der Waals surface area contributed by atoms with Crippen LogP contribution in [0.15, 0.2) is 12.2 Å². The highest BCUT2D eigenvalue weighted by Crippen LogP contribution is 2.51. The van der Waals surface area contributed by atoms with Crippen LogP contribution in [0.2, 0.25) is 0 Å². The maximum atomic E-state index is 11.2. The van der Waals surface area contributed by atoms with Crippen LogP contribution in [0.25, 0.3) is 0 Å². The Labute approximate surface area is 67.5 Å². The zero-order valence-corrected chi connectivity index (χ0v) is 6.86. The molecule has 0 unspecified atom stereocenters. The molecular formula is C10H14O. The molecule has 2 aliphatic rings. The molecular weight excluding hydrogens is 136 g/mol. The summed E-state index contributed by atoms with van der Waals surface area (Å²) in [4.78, 5) is 11.2. The highest BCUT2D eigenvalue weighted by molar-refractivity contribution is 5.98. The van der Waals surface area contributed by atoms with E-state index in [1.807, 2.05) is 0 Å². The van der Waals surface area contributed by atoms with Crippen LogP contribution in [-0.4, -0.2) is 5.78 Å². The van der Waals surface area contributed by atoms with Crippen molar-refractivity contribution in [1.82, 2.24) is 0 Å². The van der Waals surface area contributed by atoms with Crippen molar-refractivity contribution in [2.45, 2.75) is 38.5 Å². The molecule has 0 aliphatic heterocycles. The van der Waals surface area contributed by atoms with Gasteiger partial charge in [-0.3, -0.25) is 4.79 Å². The fraction of sp³-hybridized carbons (Fsp3) is 0.700. The van der Waals surface area contributed by atoms with E-state index in [9.17, 15) is 4.79 Å². The van der Waals surface area contributed by atoms with E-state index >= 15 is 0 Å². The van der Waals surface area contributed by atoms with Crippen LogP contribution in [0.1, 0.15) is 38.5 Å². The smallest absolute Gasteiger partial charge is 0.158 e. The molecule has 0 aromatic rings. The van der Waals surface area contributed by atoms with Gasteiger partial charge in [0, 0.05) is 6.42 Å². The van der Waals surface area contributed by atoms with Crippen molar-refractivity contribution in [2.24, 2.45) is 5.41 Å². The molecule has 2 saturated carbocycles. The normalized spacial score (nSPS) is 28.7. The quantitative estimate of drug-likeness (QED) is 0.485. The van der Waals surface area contributed by atoms with Crippen LogP contribution in [-0.2, 0) is 4.79 Å². The number of carbonyl (C=O) groups excluding carboxylic acids is 1. The number of hydrogen-bond acceptors (Lipinski definition) is 1. The number of carbonyl (C=O) groups is 1. The van der Waals surface area contributed by atoms with Gasteiger partial charge >= 0.3 is 0 Å². The third kappa shape index (κ3) is 0.867. The standard InChI is InChI=1S/C10H14O/c1-8-9(11)4-7-10(8)5-2-3-6-10/h1-7H2. The van der Waals surface area contributed by atoms with Gasteiger partial charge in [0.15, 0.2) is 5.78 Å². The molecule has 2 fully saturated rings. The zero-order valence-electron chi connectivity index (χ0n) is 6.86. The molecule has 0 atom stereocenters. The summed E-state index contributed by atoms with van der Waals surface area (Å²) in [5.74, 6) is 0.326. The molecule has 1 spiro atoms. The van der Waals surface area contributed by atoms with Gasteiger partial charge in [-0.2, -0.15) is 0 Å². The van der Waals surface area contributed by atoms with Crippen molar-refractivity contribution in [3.05, 3.63) is 12.2 Å². The molecule has 0 heterocycles. The Kier molecular flexibility index (Phi) is 1.41. The Morgan fingerprint density at radius 1 is 1.18 bits per heavy atom. The third-order valence-electron chi connectivity index (χ3n) is 3.37.